The lowest BCUT2D eigenvalue weighted by molar-refractivity contribution is -0.203. The van der Waals surface area contributed by atoms with Crippen LogP contribution in [-0.4, -0.2) is 83.4 Å². The molecule has 3 aliphatic rings. The number of aromatic nitrogens is 2. The zero-order valence-corrected chi connectivity index (χ0v) is 36.3. The maximum atomic E-state index is 13.5. The highest BCUT2D eigenvalue weighted by molar-refractivity contribution is 8.53. The molecule has 0 aliphatic carbocycles. The zero-order chi connectivity index (χ0) is 41.9. The summed E-state index contributed by atoms with van der Waals surface area (Å²) in [5.41, 5.74) is 1.03. The van der Waals surface area contributed by atoms with E-state index in [1.165, 1.54) is 10.8 Å². The molecule has 0 radical (unpaired) electrons. The predicted molar refractivity (Wildman–Crippen MR) is 235 cm³/mol. The number of rotatable bonds is 17. The minimum Gasteiger partial charge on any atom is -0.497 e. The van der Waals surface area contributed by atoms with Crippen LogP contribution in [0.15, 0.2) is 119 Å². The molecule has 4 aromatic carbocycles. The molecule has 3 saturated heterocycles. The molecular weight excluding hydrogens is 822 g/mol. The average Bonchev–Trinajstić information content (AvgIpc) is 4.01. The molecule has 0 amide bonds. The van der Waals surface area contributed by atoms with Gasteiger partial charge in [0.1, 0.15) is 34.9 Å². The quantitative estimate of drug-likeness (QED) is 0.0555. The number of aromatic amines is 1. The van der Waals surface area contributed by atoms with Gasteiger partial charge in [-0.25, -0.2) is 4.79 Å². The summed E-state index contributed by atoms with van der Waals surface area (Å²) in [6.45, 7) is 3.54. The number of nitrogens with zero attached hydrogens (tertiary/aromatic N) is 2. The molecule has 1 aromatic heterocycles. The van der Waals surface area contributed by atoms with Crippen molar-refractivity contribution >= 4 is 36.6 Å². The number of fused-ring (bicyclic) bond motifs is 2. The monoisotopic (exact) mass is 869 g/mol. The van der Waals surface area contributed by atoms with Gasteiger partial charge in [-0.05, 0) is 72.7 Å². The van der Waals surface area contributed by atoms with E-state index < -0.39 is 48.4 Å². The Labute approximate surface area is 359 Å². The number of methoxy groups -OCH3 is 2. The van der Waals surface area contributed by atoms with Crippen molar-refractivity contribution in [3.05, 3.63) is 164 Å². The Kier molecular flexibility index (Phi) is 13.0. The number of nitrogens with one attached hydrogen (secondary N) is 1. The van der Waals surface area contributed by atoms with Crippen LogP contribution in [0, 0.1) is 6.92 Å². The number of H-pyrrole nitrogens is 1. The molecule has 0 saturated carbocycles. The number of thiol groups is 1. The topological polar surface area (TPSA) is 131 Å². The van der Waals surface area contributed by atoms with E-state index in [4.69, 9.17) is 28.2 Å². The van der Waals surface area contributed by atoms with E-state index in [0.717, 1.165) is 48.2 Å². The molecule has 15 heteroatoms. The number of carbonyl (C=O) groups is 1. The van der Waals surface area contributed by atoms with Crippen molar-refractivity contribution in [3.8, 4) is 11.5 Å². The third-order valence-electron chi connectivity index (χ3n) is 11.4. The van der Waals surface area contributed by atoms with Crippen molar-refractivity contribution < 1.29 is 33.0 Å². The highest BCUT2D eigenvalue weighted by Gasteiger charge is 2.65. The molecule has 5 aromatic rings. The second kappa shape index (κ2) is 18.4. The van der Waals surface area contributed by atoms with Gasteiger partial charge in [-0.15, -0.1) is 12.6 Å². The van der Waals surface area contributed by atoms with E-state index in [2.05, 4.69) is 22.3 Å². The standard InChI is InChI=1S/C45H48N3O9PS2/c1-30-27-48(43(51)46-40(30)49)41-38-39(57-58(47-24-9-10-25-47)60-26-23-31-11-7-8-14-37(31)42(50)59)44(56-41,28-54-38)29-55-45(32-12-5-4-6-13-32,33-15-19-35(52-2)20-16-33)34-17-21-36(53-3)22-18-34/h4-8,11-22,27,38-39,41H,9-10,23-26,28-29H2,1-3H3,(H,50,59)(H,46,49,51)/t38-,39+,41-,44-,58?/m1/s1. The first kappa shape index (κ1) is 42.5. The van der Waals surface area contributed by atoms with Crippen LogP contribution in [0.25, 0.3) is 0 Å². The summed E-state index contributed by atoms with van der Waals surface area (Å²) < 4.78 is 43.3. The predicted octanol–water partition coefficient (Wildman–Crippen LogP) is 7.29. The first-order chi connectivity index (χ1) is 29.2. The van der Waals surface area contributed by atoms with Crippen LogP contribution >= 0.6 is 31.5 Å². The lowest BCUT2D eigenvalue weighted by atomic mass is 9.79. The van der Waals surface area contributed by atoms with Crippen LogP contribution in [0.4, 0.5) is 0 Å². The van der Waals surface area contributed by atoms with Gasteiger partial charge in [-0.2, -0.15) is 0 Å². The van der Waals surface area contributed by atoms with E-state index in [-0.39, 0.29) is 18.3 Å². The molecule has 8 rings (SSSR count). The largest absolute Gasteiger partial charge is 0.497 e. The molecular formula is C45H48N3O9PS2. The number of benzene rings is 4. The van der Waals surface area contributed by atoms with Crippen molar-refractivity contribution in [1.29, 1.82) is 0 Å². The summed E-state index contributed by atoms with van der Waals surface area (Å²) in [6, 6.07) is 33.2. The first-order valence-corrected chi connectivity index (χ1v) is 23.2. The van der Waals surface area contributed by atoms with Crippen LogP contribution < -0.4 is 20.7 Å². The maximum Gasteiger partial charge on any atom is 0.330 e. The van der Waals surface area contributed by atoms with Gasteiger partial charge in [0.2, 0.25) is 5.12 Å². The van der Waals surface area contributed by atoms with Gasteiger partial charge in [0.05, 0.1) is 27.4 Å². The summed E-state index contributed by atoms with van der Waals surface area (Å²) in [6.07, 6.45) is 1.96. The van der Waals surface area contributed by atoms with Crippen LogP contribution in [0.1, 0.15) is 57.2 Å². The maximum absolute atomic E-state index is 13.5. The van der Waals surface area contributed by atoms with Gasteiger partial charge in [0.15, 0.2) is 13.7 Å². The lowest BCUT2D eigenvalue weighted by Gasteiger charge is -2.40. The van der Waals surface area contributed by atoms with E-state index in [1.54, 1.807) is 38.6 Å². The minimum absolute atomic E-state index is 0.0000231. The van der Waals surface area contributed by atoms with Gasteiger partial charge in [-0.1, -0.05) is 90.2 Å². The summed E-state index contributed by atoms with van der Waals surface area (Å²) in [5, 5.41) is -0.262. The van der Waals surface area contributed by atoms with Crippen LogP contribution in [-0.2, 0) is 30.8 Å². The van der Waals surface area contributed by atoms with Gasteiger partial charge in [-0.3, -0.25) is 23.8 Å². The molecule has 2 bridgehead atoms. The van der Waals surface area contributed by atoms with Gasteiger partial charge < -0.3 is 28.2 Å². The smallest absolute Gasteiger partial charge is 0.330 e. The molecule has 1 N–H and O–H groups in total. The van der Waals surface area contributed by atoms with Crippen LogP contribution in [0.3, 0.4) is 0 Å². The zero-order valence-electron chi connectivity index (χ0n) is 33.7. The average molecular weight is 870 g/mol. The van der Waals surface area contributed by atoms with E-state index in [0.29, 0.717) is 34.8 Å². The Balaban J connectivity index is 1.19. The first-order valence-electron chi connectivity index (χ1n) is 19.9. The number of hydrogen-bond donors (Lipinski definition) is 2. The summed E-state index contributed by atoms with van der Waals surface area (Å²) in [4.78, 5) is 40.7. The van der Waals surface area contributed by atoms with Crippen molar-refractivity contribution in [2.75, 3.05) is 46.3 Å². The number of hydrogen-bond acceptors (Lipinski definition) is 11. The second-order valence-electron chi connectivity index (χ2n) is 15.1. The normalized spacial score (nSPS) is 21.9. The summed E-state index contributed by atoms with van der Waals surface area (Å²) in [7, 11) is 2.00. The lowest BCUT2D eigenvalue weighted by Crippen LogP contribution is -2.49. The molecule has 3 aliphatic heterocycles. The fraction of sp³-hybridized carbons (Fsp3) is 0.356. The van der Waals surface area contributed by atoms with Gasteiger partial charge in [0, 0.05) is 36.2 Å². The number of aryl methyl sites for hydroxylation is 2. The van der Waals surface area contributed by atoms with Gasteiger partial charge >= 0.3 is 5.69 Å². The van der Waals surface area contributed by atoms with Crippen molar-refractivity contribution in [2.24, 2.45) is 0 Å². The molecule has 5 atom stereocenters. The molecule has 4 heterocycles. The Morgan fingerprint density at radius 2 is 1.52 bits per heavy atom. The van der Waals surface area contributed by atoms with Crippen molar-refractivity contribution in [3.63, 3.8) is 0 Å². The fourth-order valence-corrected chi connectivity index (χ4v) is 12.6. The highest BCUT2D eigenvalue weighted by atomic mass is 32.7. The third kappa shape index (κ3) is 8.36. The Morgan fingerprint density at radius 1 is 0.900 bits per heavy atom. The third-order valence-corrected chi connectivity index (χ3v) is 15.7. The molecule has 60 heavy (non-hydrogen) atoms. The molecule has 12 nitrogen and oxygen atoms in total. The van der Waals surface area contributed by atoms with Crippen LogP contribution in [0.5, 0.6) is 11.5 Å². The van der Waals surface area contributed by atoms with E-state index >= 15 is 0 Å². The molecule has 314 valence electrons. The van der Waals surface area contributed by atoms with Gasteiger partial charge in [0.25, 0.3) is 5.56 Å². The minimum atomic E-state index is -1.27. The second-order valence-corrected chi connectivity index (χ2v) is 19.1. The van der Waals surface area contributed by atoms with Crippen LogP contribution in [0.2, 0.25) is 0 Å². The van der Waals surface area contributed by atoms with Crippen molar-refractivity contribution in [2.45, 2.75) is 55.8 Å². The highest BCUT2D eigenvalue weighted by Crippen LogP contribution is 2.61. The van der Waals surface area contributed by atoms with E-state index in [1.807, 2.05) is 97.1 Å². The molecule has 0 spiro atoms. The summed E-state index contributed by atoms with van der Waals surface area (Å²) >= 11 is 5.84. The Bertz CT molecular complexity index is 2350. The Hall–Kier alpha value is -4.24. The SMILES string of the molecule is COc1ccc(C(OC[C@@]23CO[C@@H]([C@H](n4cc(C)c(=O)[nH]c4=O)O2)[C@@H]3OP(SCCc2ccccc2C(=O)S)N2CCCC2)(c2ccccc2)c2ccc(OC)cc2)cc1. The number of carbonyl (C=O) groups excluding carboxylic acids is 1. The van der Waals surface area contributed by atoms with Crippen molar-refractivity contribution in [1.82, 2.24) is 14.2 Å². The molecule has 1 unspecified atom stereocenters. The Morgan fingerprint density at radius 3 is 2.15 bits per heavy atom. The number of ether oxygens (including phenoxy) is 5. The summed E-state index contributed by atoms with van der Waals surface area (Å²) in [5.74, 6) is 2.09. The molecule has 3 fully saturated rings. The van der Waals surface area contributed by atoms with E-state index in [9.17, 15) is 14.4 Å². The fourth-order valence-electron chi connectivity index (χ4n) is 8.28.